The maximum Gasteiger partial charge on any atom is 0.267 e. The van der Waals surface area contributed by atoms with E-state index in [0.717, 1.165) is 0 Å². The summed E-state index contributed by atoms with van der Waals surface area (Å²) >= 11 is 0. The Kier molecular flexibility index (Phi) is 4.32. The molecule has 30 heavy (non-hydrogen) atoms. The van der Waals surface area contributed by atoms with E-state index in [-0.39, 0.29) is 11.6 Å². The first-order valence-corrected chi connectivity index (χ1v) is 10.7. The van der Waals surface area contributed by atoms with Gasteiger partial charge in [0.15, 0.2) is 11.6 Å². The van der Waals surface area contributed by atoms with Crippen LogP contribution in [0.15, 0.2) is 76.2 Å². The van der Waals surface area contributed by atoms with Gasteiger partial charge < -0.3 is 14.1 Å². The second-order valence-corrected chi connectivity index (χ2v) is 8.67. The summed E-state index contributed by atoms with van der Waals surface area (Å²) in [5.41, 5.74) is 1.33. The Morgan fingerprint density at radius 1 is 0.967 bits per heavy atom. The molecule has 5 rings (SSSR count). The molecule has 0 fully saturated rings. The van der Waals surface area contributed by atoms with Gasteiger partial charge in [-0.05, 0) is 48.5 Å². The summed E-state index contributed by atoms with van der Waals surface area (Å²) in [6.45, 7) is 0.461. The van der Waals surface area contributed by atoms with E-state index in [1.54, 1.807) is 24.5 Å². The smallest absolute Gasteiger partial charge is 0.267 e. The molecule has 3 heterocycles. The van der Waals surface area contributed by atoms with Gasteiger partial charge in [0.2, 0.25) is 0 Å². The predicted molar refractivity (Wildman–Crippen MR) is 112 cm³/mol. The Labute approximate surface area is 173 Å². The number of aromatic nitrogens is 2. The zero-order chi connectivity index (χ0) is 20.7. The van der Waals surface area contributed by atoms with Crippen LogP contribution in [-0.2, 0) is 16.6 Å². The van der Waals surface area contributed by atoms with Gasteiger partial charge in [-0.15, -0.1) is 0 Å². The Morgan fingerprint density at radius 3 is 2.30 bits per heavy atom. The number of fused-ring (bicyclic) bond motifs is 2. The molecule has 0 aliphatic carbocycles. The standard InChI is InChI=1S/C21H18N4O4S/c1-28-15-8-10-17(11-9-15)30(26,27)25-14-24(13-16-5-4-12-29-16)20-21(25)23-19-7-3-2-6-18(19)22-20/h2-12H,13-14H2,1H3. The molecule has 4 aromatic rings. The molecule has 1 aliphatic rings. The lowest BCUT2D eigenvalue weighted by molar-refractivity contribution is 0.414. The van der Waals surface area contributed by atoms with Gasteiger partial charge in [-0.25, -0.2) is 22.7 Å². The van der Waals surface area contributed by atoms with E-state index >= 15 is 0 Å². The number of sulfonamides is 1. The molecule has 2 aromatic heterocycles. The van der Waals surface area contributed by atoms with Crippen LogP contribution in [0.3, 0.4) is 0 Å². The summed E-state index contributed by atoms with van der Waals surface area (Å²) in [4.78, 5) is 11.3. The van der Waals surface area contributed by atoms with Crippen molar-refractivity contribution in [2.24, 2.45) is 0 Å². The fraction of sp³-hybridized carbons (Fsp3) is 0.143. The SMILES string of the molecule is COc1ccc(S(=O)(=O)N2CN(Cc3ccco3)c3nc4ccccc4nc32)cc1. The van der Waals surface area contributed by atoms with Crippen LogP contribution in [0, 0.1) is 0 Å². The second-order valence-electron chi connectivity index (χ2n) is 6.81. The molecule has 1 aliphatic heterocycles. The third-order valence-corrected chi connectivity index (χ3v) is 6.68. The molecule has 2 aromatic carbocycles. The number of hydrogen-bond donors (Lipinski definition) is 0. The number of rotatable bonds is 5. The molecular formula is C21H18N4O4S. The van der Waals surface area contributed by atoms with Crippen molar-refractivity contribution in [2.45, 2.75) is 11.4 Å². The first-order chi connectivity index (χ1) is 14.6. The fourth-order valence-electron chi connectivity index (χ4n) is 3.43. The van der Waals surface area contributed by atoms with E-state index in [0.29, 0.717) is 40.7 Å². The van der Waals surface area contributed by atoms with Crippen LogP contribution >= 0.6 is 0 Å². The lowest BCUT2D eigenvalue weighted by Crippen LogP contribution is -2.35. The van der Waals surface area contributed by atoms with Crippen LogP contribution in [0.2, 0.25) is 0 Å². The summed E-state index contributed by atoms with van der Waals surface area (Å²) in [5.74, 6) is 2.10. The number of hydrogen-bond acceptors (Lipinski definition) is 7. The Hall–Kier alpha value is -3.59. The number of ether oxygens (including phenoxy) is 1. The highest BCUT2D eigenvalue weighted by molar-refractivity contribution is 7.92. The first kappa shape index (κ1) is 18.4. The molecule has 0 spiro atoms. The quantitative estimate of drug-likeness (QED) is 0.487. The van der Waals surface area contributed by atoms with Crippen molar-refractivity contribution >= 4 is 32.7 Å². The van der Waals surface area contributed by atoms with Gasteiger partial charge in [-0.2, -0.15) is 0 Å². The zero-order valence-corrected chi connectivity index (χ0v) is 16.9. The molecular weight excluding hydrogens is 404 g/mol. The van der Waals surface area contributed by atoms with Crippen LogP contribution in [0.4, 0.5) is 11.6 Å². The largest absolute Gasteiger partial charge is 0.497 e. The van der Waals surface area contributed by atoms with E-state index in [4.69, 9.17) is 14.1 Å². The first-order valence-electron chi connectivity index (χ1n) is 9.27. The van der Waals surface area contributed by atoms with Crippen molar-refractivity contribution in [1.82, 2.24) is 9.97 Å². The van der Waals surface area contributed by atoms with Gasteiger partial charge in [-0.3, -0.25) is 0 Å². The highest BCUT2D eigenvalue weighted by atomic mass is 32.2. The third kappa shape index (κ3) is 3.03. The van der Waals surface area contributed by atoms with Gasteiger partial charge >= 0.3 is 0 Å². The fourth-order valence-corrected chi connectivity index (χ4v) is 4.81. The Morgan fingerprint density at radius 2 is 1.67 bits per heavy atom. The molecule has 0 saturated heterocycles. The highest BCUT2D eigenvalue weighted by Crippen LogP contribution is 2.38. The van der Waals surface area contributed by atoms with Gasteiger partial charge in [0, 0.05) is 0 Å². The zero-order valence-electron chi connectivity index (χ0n) is 16.1. The van der Waals surface area contributed by atoms with E-state index in [2.05, 4.69) is 4.98 Å². The van der Waals surface area contributed by atoms with Gasteiger partial charge in [-0.1, -0.05) is 12.1 Å². The van der Waals surface area contributed by atoms with Crippen LogP contribution in [0.25, 0.3) is 11.0 Å². The number of methoxy groups -OCH3 is 1. The number of anilines is 2. The Balaban J connectivity index is 1.61. The van der Waals surface area contributed by atoms with E-state index in [1.165, 1.54) is 23.5 Å². The summed E-state index contributed by atoms with van der Waals surface area (Å²) in [5, 5.41) is 0. The second kappa shape index (κ2) is 7.03. The molecule has 0 unspecified atom stereocenters. The molecule has 0 radical (unpaired) electrons. The number of furan rings is 1. The molecule has 0 amide bonds. The average Bonchev–Trinajstić information content (AvgIpc) is 3.41. The molecule has 0 N–H and O–H groups in total. The molecule has 8 nitrogen and oxygen atoms in total. The van der Waals surface area contributed by atoms with Crippen LogP contribution in [0.5, 0.6) is 5.75 Å². The monoisotopic (exact) mass is 422 g/mol. The summed E-state index contributed by atoms with van der Waals surface area (Å²) in [7, 11) is -2.32. The Bertz CT molecular complexity index is 1300. The highest BCUT2D eigenvalue weighted by Gasteiger charge is 2.38. The minimum Gasteiger partial charge on any atom is -0.497 e. The number of nitrogens with zero attached hydrogens (tertiary/aromatic N) is 4. The van der Waals surface area contributed by atoms with Crippen molar-refractivity contribution in [3.8, 4) is 5.75 Å². The van der Waals surface area contributed by atoms with E-state index in [1.807, 2.05) is 35.2 Å². The molecule has 0 bridgehead atoms. The van der Waals surface area contributed by atoms with Crippen LogP contribution in [-0.4, -0.2) is 32.2 Å². The minimum atomic E-state index is -3.85. The third-order valence-electron chi connectivity index (χ3n) is 4.94. The van der Waals surface area contributed by atoms with E-state index in [9.17, 15) is 8.42 Å². The van der Waals surface area contributed by atoms with Gasteiger partial charge in [0.25, 0.3) is 10.0 Å². The molecule has 0 atom stereocenters. The van der Waals surface area contributed by atoms with Crippen molar-refractivity contribution in [2.75, 3.05) is 23.0 Å². The van der Waals surface area contributed by atoms with Crippen molar-refractivity contribution in [3.05, 3.63) is 72.7 Å². The maximum absolute atomic E-state index is 13.4. The molecule has 9 heteroatoms. The number of benzene rings is 2. The average molecular weight is 422 g/mol. The van der Waals surface area contributed by atoms with Crippen molar-refractivity contribution in [1.29, 1.82) is 0 Å². The predicted octanol–water partition coefficient (Wildman–Crippen LogP) is 3.40. The van der Waals surface area contributed by atoms with Gasteiger partial charge in [0.1, 0.15) is 18.2 Å². The van der Waals surface area contributed by atoms with E-state index < -0.39 is 10.0 Å². The van der Waals surface area contributed by atoms with Crippen molar-refractivity contribution < 1.29 is 17.6 Å². The maximum atomic E-state index is 13.4. The summed E-state index contributed by atoms with van der Waals surface area (Å²) in [6, 6.07) is 17.3. The lowest BCUT2D eigenvalue weighted by atomic mass is 10.3. The molecule has 0 saturated carbocycles. The normalized spacial score (nSPS) is 13.6. The van der Waals surface area contributed by atoms with Crippen LogP contribution in [0.1, 0.15) is 5.76 Å². The number of para-hydroxylation sites is 2. The lowest BCUT2D eigenvalue weighted by Gasteiger charge is -2.20. The summed E-state index contributed by atoms with van der Waals surface area (Å²) in [6.07, 6.45) is 1.59. The topological polar surface area (TPSA) is 88.8 Å². The van der Waals surface area contributed by atoms with Crippen LogP contribution < -0.4 is 13.9 Å². The minimum absolute atomic E-state index is 0.0840. The summed E-state index contributed by atoms with van der Waals surface area (Å²) < 4.78 is 38.8. The van der Waals surface area contributed by atoms with Gasteiger partial charge in [0.05, 0.1) is 35.8 Å². The van der Waals surface area contributed by atoms with Crippen molar-refractivity contribution in [3.63, 3.8) is 0 Å². The molecule has 152 valence electrons.